The number of hydrogen-bond donors (Lipinski definition) is 1. The maximum Gasteiger partial charge on any atom is 0.279 e. The van der Waals surface area contributed by atoms with Gasteiger partial charge in [0, 0.05) is 19.6 Å². The molecular formula is C12H18N2O2S. The van der Waals surface area contributed by atoms with Gasteiger partial charge in [-0.3, -0.25) is 0 Å². The summed E-state index contributed by atoms with van der Waals surface area (Å²) in [6, 6.07) is 6.23. The second kappa shape index (κ2) is 4.76. The van der Waals surface area contributed by atoms with E-state index in [1.165, 1.54) is 21.0 Å². The van der Waals surface area contributed by atoms with Crippen molar-refractivity contribution in [3.63, 3.8) is 0 Å². The zero-order chi connectivity index (χ0) is 12.5. The molecule has 1 saturated heterocycles. The lowest BCUT2D eigenvalue weighted by Crippen LogP contribution is -2.31. The maximum atomic E-state index is 11.5. The Morgan fingerprint density at radius 2 is 1.94 bits per heavy atom. The van der Waals surface area contributed by atoms with E-state index in [4.69, 9.17) is 0 Å². The number of aryl methyl sites for hydroxylation is 2. The molecule has 0 aromatic heterocycles. The van der Waals surface area contributed by atoms with Gasteiger partial charge in [0.2, 0.25) is 0 Å². The molecule has 4 nitrogen and oxygen atoms in total. The van der Waals surface area contributed by atoms with Crippen LogP contribution in [0, 0.1) is 13.8 Å². The summed E-state index contributed by atoms with van der Waals surface area (Å²) >= 11 is 0. The van der Waals surface area contributed by atoms with E-state index in [2.05, 4.69) is 30.7 Å². The number of benzene rings is 1. The zero-order valence-electron chi connectivity index (χ0n) is 10.2. The van der Waals surface area contributed by atoms with Crippen molar-refractivity contribution in [2.24, 2.45) is 0 Å². The number of rotatable bonds is 5. The first kappa shape index (κ1) is 12.5. The van der Waals surface area contributed by atoms with Crippen molar-refractivity contribution in [3.8, 4) is 0 Å². The quantitative estimate of drug-likeness (QED) is 0.797. The molecule has 1 aromatic rings. The Kier molecular flexibility index (Phi) is 3.51. The number of nitrogens with one attached hydrogen (secondary N) is 1. The molecule has 0 saturated carbocycles. The lowest BCUT2D eigenvalue weighted by Gasteiger charge is -2.07. The van der Waals surface area contributed by atoms with E-state index >= 15 is 0 Å². The van der Waals surface area contributed by atoms with Gasteiger partial charge in [-0.05, 0) is 37.0 Å². The molecule has 2 rings (SSSR count). The molecule has 0 aliphatic carbocycles. The molecule has 0 radical (unpaired) electrons. The molecule has 1 N–H and O–H groups in total. The molecule has 0 amide bonds. The summed E-state index contributed by atoms with van der Waals surface area (Å²) < 4.78 is 27.1. The number of nitrogens with zero attached hydrogens (tertiary/aromatic N) is 1. The molecule has 94 valence electrons. The molecular weight excluding hydrogens is 236 g/mol. The average molecular weight is 254 g/mol. The SMILES string of the molecule is Cc1ccc(CCNS(=O)(=O)N2CC2)cc1C. The van der Waals surface area contributed by atoms with Crippen LogP contribution in [0.2, 0.25) is 0 Å². The van der Waals surface area contributed by atoms with Crippen molar-refractivity contribution in [2.75, 3.05) is 19.6 Å². The first-order chi connectivity index (χ1) is 7.99. The Bertz CT molecular complexity index is 507. The largest absolute Gasteiger partial charge is 0.279 e. The van der Waals surface area contributed by atoms with Crippen LogP contribution in [0.3, 0.4) is 0 Å². The molecule has 1 fully saturated rings. The van der Waals surface area contributed by atoms with Gasteiger partial charge in [0.15, 0.2) is 0 Å². The summed E-state index contributed by atoms with van der Waals surface area (Å²) in [5.74, 6) is 0. The van der Waals surface area contributed by atoms with Gasteiger partial charge < -0.3 is 0 Å². The van der Waals surface area contributed by atoms with Gasteiger partial charge in [0.1, 0.15) is 0 Å². The fourth-order valence-electron chi connectivity index (χ4n) is 1.66. The summed E-state index contributed by atoms with van der Waals surface area (Å²) in [7, 11) is -3.19. The molecule has 1 aromatic carbocycles. The summed E-state index contributed by atoms with van der Waals surface area (Å²) in [6.07, 6.45) is 0.730. The number of hydrogen-bond acceptors (Lipinski definition) is 2. The smallest absolute Gasteiger partial charge is 0.202 e. The van der Waals surface area contributed by atoms with Crippen LogP contribution in [0.1, 0.15) is 16.7 Å². The monoisotopic (exact) mass is 254 g/mol. The lowest BCUT2D eigenvalue weighted by atomic mass is 10.0. The van der Waals surface area contributed by atoms with Gasteiger partial charge in [0.25, 0.3) is 10.2 Å². The molecule has 0 unspecified atom stereocenters. The summed E-state index contributed by atoms with van der Waals surface area (Å²) in [5, 5.41) is 0. The third kappa shape index (κ3) is 3.28. The van der Waals surface area contributed by atoms with Crippen molar-refractivity contribution < 1.29 is 8.42 Å². The molecule has 0 atom stereocenters. The third-order valence-corrected chi connectivity index (χ3v) is 4.63. The van der Waals surface area contributed by atoms with Crippen LogP contribution in [-0.2, 0) is 16.6 Å². The first-order valence-electron chi connectivity index (χ1n) is 5.80. The van der Waals surface area contributed by atoms with Crippen molar-refractivity contribution in [1.29, 1.82) is 0 Å². The highest BCUT2D eigenvalue weighted by atomic mass is 32.2. The van der Waals surface area contributed by atoms with E-state index in [1.54, 1.807) is 0 Å². The summed E-state index contributed by atoms with van der Waals surface area (Å²) in [4.78, 5) is 0. The molecule has 5 heteroatoms. The normalized spacial score (nSPS) is 16.1. The lowest BCUT2D eigenvalue weighted by molar-refractivity contribution is 0.547. The van der Waals surface area contributed by atoms with Crippen molar-refractivity contribution in [3.05, 3.63) is 34.9 Å². The standard InChI is InChI=1S/C12H18N2O2S/c1-10-3-4-12(9-11(10)2)5-6-13-17(15,16)14-7-8-14/h3-4,9,13H,5-8H2,1-2H3. The van der Waals surface area contributed by atoms with Crippen LogP contribution in [-0.4, -0.2) is 32.4 Å². The van der Waals surface area contributed by atoms with E-state index in [0.717, 1.165) is 6.42 Å². The van der Waals surface area contributed by atoms with Crippen LogP contribution in [0.15, 0.2) is 18.2 Å². The second-order valence-electron chi connectivity index (χ2n) is 4.47. The van der Waals surface area contributed by atoms with Crippen LogP contribution < -0.4 is 4.72 Å². The van der Waals surface area contributed by atoms with Crippen molar-refractivity contribution in [2.45, 2.75) is 20.3 Å². The first-order valence-corrected chi connectivity index (χ1v) is 7.24. The molecule has 1 aliphatic heterocycles. The second-order valence-corrected chi connectivity index (χ2v) is 6.22. The Balaban J connectivity index is 1.87. The van der Waals surface area contributed by atoms with E-state index in [-0.39, 0.29) is 0 Å². The average Bonchev–Trinajstić information content (AvgIpc) is 3.07. The van der Waals surface area contributed by atoms with Crippen molar-refractivity contribution >= 4 is 10.2 Å². The van der Waals surface area contributed by atoms with E-state index in [1.807, 2.05) is 6.07 Å². The molecule has 1 heterocycles. The third-order valence-electron chi connectivity index (χ3n) is 3.02. The highest BCUT2D eigenvalue weighted by molar-refractivity contribution is 7.87. The maximum absolute atomic E-state index is 11.5. The van der Waals surface area contributed by atoms with Crippen molar-refractivity contribution in [1.82, 2.24) is 9.03 Å². The van der Waals surface area contributed by atoms with Gasteiger partial charge >= 0.3 is 0 Å². The molecule has 0 spiro atoms. The fraction of sp³-hybridized carbons (Fsp3) is 0.500. The molecule has 1 aliphatic rings. The Morgan fingerprint density at radius 1 is 1.24 bits per heavy atom. The highest BCUT2D eigenvalue weighted by Crippen LogP contribution is 2.11. The summed E-state index contributed by atoms with van der Waals surface area (Å²) in [6.45, 7) is 5.90. The van der Waals surface area contributed by atoms with Gasteiger partial charge in [-0.1, -0.05) is 18.2 Å². The van der Waals surface area contributed by atoms with Gasteiger partial charge in [0.05, 0.1) is 0 Å². The van der Waals surface area contributed by atoms with E-state index in [9.17, 15) is 8.42 Å². The predicted octanol–water partition coefficient (Wildman–Crippen LogP) is 0.996. The summed E-state index contributed by atoms with van der Waals surface area (Å²) in [5.41, 5.74) is 3.68. The van der Waals surface area contributed by atoms with Gasteiger partial charge in [-0.15, -0.1) is 0 Å². The van der Waals surface area contributed by atoms with Crippen LogP contribution in [0.5, 0.6) is 0 Å². The van der Waals surface area contributed by atoms with Crippen LogP contribution in [0.25, 0.3) is 0 Å². The van der Waals surface area contributed by atoms with Crippen LogP contribution >= 0.6 is 0 Å². The van der Waals surface area contributed by atoms with E-state index < -0.39 is 10.2 Å². The minimum Gasteiger partial charge on any atom is -0.202 e. The van der Waals surface area contributed by atoms with E-state index in [0.29, 0.717) is 19.6 Å². The molecule has 17 heavy (non-hydrogen) atoms. The Morgan fingerprint density at radius 3 is 2.53 bits per heavy atom. The van der Waals surface area contributed by atoms with Crippen LogP contribution in [0.4, 0.5) is 0 Å². The highest BCUT2D eigenvalue weighted by Gasteiger charge is 2.30. The predicted molar refractivity (Wildman–Crippen MR) is 68.1 cm³/mol. The van der Waals surface area contributed by atoms with Gasteiger partial charge in [-0.2, -0.15) is 12.7 Å². The fourth-order valence-corrected chi connectivity index (χ4v) is 2.76. The Hall–Kier alpha value is -0.910. The van der Waals surface area contributed by atoms with Gasteiger partial charge in [-0.25, -0.2) is 4.72 Å². The minimum atomic E-state index is -3.19. The zero-order valence-corrected chi connectivity index (χ0v) is 11.0. The minimum absolute atomic E-state index is 0.460. The Labute approximate surface area is 103 Å². The molecule has 0 bridgehead atoms. The topological polar surface area (TPSA) is 49.2 Å².